The number of hydrogen-bond acceptors (Lipinski definition) is 3. The quantitative estimate of drug-likeness (QED) is 0.853. The first-order valence-electron chi connectivity index (χ1n) is 4.57. The fourth-order valence-corrected chi connectivity index (χ4v) is 1.31. The van der Waals surface area contributed by atoms with E-state index in [2.05, 4.69) is 0 Å². The van der Waals surface area contributed by atoms with Crippen LogP contribution in [-0.4, -0.2) is 26.7 Å². The third kappa shape index (κ3) is 3.07. The van der Waals surface area contributed by atoms with Gasteiger partial charge in [0, 0.05) is 18.3 Å². The third-order valence-corrected chi connectivity index (χ3v) is 2.09. The van der Waals surface area contributed by atoms with Crippen LogP contribution in [0.2, 0.25) is 0 Å². The van der Waals surface area contributed by atoms with Gasteiger partial charge in [-0.3, -0.25) is 4.79 Å². The summed E-state index contributed by atoms with van der Waals surface area (Å²) in [6.45, 7) is 3.39. The zero-order chi connectivity index (χ0) is 12.5. The van der Waals surface area contributed by atoms with Crippen molar-refractivity contribution in [1.82, 2.24) is 4.57 Å². The van der Waals surface area contributed by atoms with Gasteiger partial charge in [0.2, 0.25) is 0 Å². The van der Waals surface area contributed by atoms with E-state index in [1.165, 1.54) is 4.57 Å². The van der Waals surface area contributed by atoms with Crippen molar-refractivity contribution in [3.63, 3.8) is 0 Å². The molecule has 7 heteroatoms. The van der Waals surface area contributed by atoms with Crippen LogP contribution in [0.5, 0.6) is 0 Å². The zero-order valence-corrected chi connectivity index (χ0v) is 10.0. The Morgan fingerprint density at radius 2 is 1.76 bits per heavy atom. The van der Waals surface area contributed by atoms with Crippen LogP contribution in [0, 0.1) is 0 Å². The van der Waals surface area contributed by atoms with Crippen LogP contribution < -0.4 is 5.43 Å². The number of carboxylic acid groups (broad SMARTS) is 2. The van der Waals surface area contributed by atoms with Gasteiger partial charge in [-0.1, -0.05) is 0 Å². The Morgan fingerprint density at radius 1 is 1.24 bits per heavy atom. The van der Waals surface area contributed by atoms with E-state index in [0.29, 0.717) is 0 Å². The van der Waals surface area contributed by atoms with Crippen molar-refractivity contribution in [3.05, 3.63) is 33.7 Å². The predicted molar refractivity (Wildman–Crippen MR) is 62.3 cm³/mol. The number of carboxylic acids is 2. The Bertz CT molecular complexity index is 506. The van der Waals surface area contributed by atoms with Crippen LogP contribution in [0.1, 0.15) is 40.7 Å². The Labute approximate surface area is 103 Å². The maximum atomic E-state index is 11.3. The van der Waals surface area contributed by atoms with Crippen LogP contribution in [0.15, 0.2) is 17.1 Å². The van der Waals surface area contributed by atoms with E-state index in [1.54, 1.807) is 13.8 Å². The maximum absolute atomic E-state index is 11.3. The van der Waals surface area contributed by atoms with Crippen LogP contribution in [-0.2, 0) is 0 Å². The monoisotopic (exact) mass is 261 g/mol. The minimum Gasteiger partial charge on any atom is -0.477 e. The largest absolute Gasteiger partial charge is 0.477 e. The summed E-state index contributed by atoms with van der Waals surface area (Å²) in [5, 5.41) is 17.6. The number of pyridine rings is 1. The first-order chi connectivity index (χ1) is 7.34. The van der Waals surface area contributed by atoms with E-state index in [0.717, 1.165) is 12.3 Å². The summed E-state index contributed by atoms with van der Waals surface area (Å²) < 4.78 is 1.24. The van der Waals surface area contributed by atoms with Crippen molar-refractivity contribution in [1.29, 1.82) is 0 Å². The van der Waals surface area contributed by atoms with Crippen molar-refractivity contribution in [3.8, 4) is 0 Å². The van der Waals surface area contributed by atoms with E-state index in [9.17, 15) is 14.4 Å². The molecule has 1 heterocycles. The Hall–Kier alpha value is -1.82. The fourth-order valence-electron chi connectivity index (χ4n) is 1.31. The highest BCUT2D eigenvalue weighted by molar-refractivity contribution is 5.90. The average molecular weight is 262 g/mol. The van der Waals surface area contributed by atoms with E-state index >= 15 is 0 Å². The summed E-state index contributed by atoms with van der Waals surface area (Å²) in [5.41, 5.74) is -1.45. The van der Waals surface area contributed by atoms with Gasteiger partial charge in [0.15, 0.2) is 5.43 Å². The first kappa shape index (κ1) is 15.2. The third-order valence-electron chi connectivity index (χ3n) is 2.09. The lowest BCUT2D eigenvalue weighted by atomic mass is 10.2. The molecule has 2 N–H and O–H groups in total. The van der Waals surface area contributed by atoms with Gasteiger partial charge in [0.1, 0.15) is 11.3 Å². The van der Waals surface area contributed by atoms with Gasteiger partial charge in [-0.2, -0.15) is 0 Å². The fraction of sp³-hybridized carbons (Fsp3) is 0.300. The molecular weight excluding hydrogens is 250 g/mol. The second-order valence-electron chi connectivity index (χ2n) is 3.55. The highest BCUT2D eigenvalue weighted by atomic mass is 35.5. The van der Waals surface area contributed by atoms with Gasteiger partial charge in [0.25, 0.3) is 0 Å². The number of aromatic carboxylic acids is 2. The summed E-state index contributed by atoms with van der Waals surface area (Å²) in [5.74, 6) is -2.63. The Kier molecular flexibility index (Phi) is 4.90. The second-order valence-corrected chi connectivity index (χ2v) is 3.55. The standard InChI is InChI=1S/C10H11NO5.ClH/c1-5(2)11-4-6(9(13)14)8(12)3-7(11)10(15)16;/h3-5H,1-2H3,(H,13,14)(H,15,16);1H. The molecule has 6 nitrogen and oxygen atoms in total. The summed E-state index contributed by atoms with van der Waals surface area (Å²) >= 11 is 0. The minimum absolute atomic E-state index is 0. The molecule has 0 aliphatic rings. The van der Waals surface area contributed by atoms with Crippen molar-refractivity contribution in [2.24, 2.45) is 0 Å². The van der Waals surface area contributed by atoms with Gasteiger partial charge in [-0.05, 0) is 13.8 Å². The van der Waals surface area contributed by atoms with Crippen LogP contribution >= 0.6 is 12.4 Å². The number of aromatic nitrogens is 1. The number of carbonyl (C=O) groups is 2. The molecule has 0 saturated carbocycles. The summed E-state index contributed by atoms with van der Waals surface area (Å²) in [6, 6.07) is 0.580. The van der Waals surface area contributed by atoms with Gasteiger partial charge in [-0.25, -0.2) is 9.59 Å². The van der Waals surface area contributed by atoms with Crippen LogP contribution in [0.25, 0.3) is 0 Å². The van der Waals surface area contributed by atoms with Gasteiger partial charge in [-0.15, -0.1) is 12.4 Å². The number of nitrogens with zero attached hydrogens (tertiary/aromatic N) is 1. The highest BCUT2D eigenvalue weighted by Crippen LogP contribution is 2.09. The van der Waals surface area contributed by atoms with Crippen LogP contribution in [0.4, 0.5) is 0 Å². The Morgan fingerprint density at radius 3 is 2.12 bits per heavy atom. The normalized spacial score (nSPS) is 9.82. The number of halogens is 1. The molecule has 0 aliphatic carbocycles. The minimum atomic E-state index is -1.36. The van der Waals surface area contributed by atoms with Crippen molar-refractivity contribution in [2.75, 3.05) is 0 Å². The molecule has 1 rings (SSSR count). The molecule has 0 saturated heterocycles. The van der Waals surface area contributed by atoms with Gasteiger partial charge in [0.05, 0.1) is 0 Å². The van der Waals surface area contributed by atoms with Crippen molar-refractivity contribution < 1.29 is 19.8 Å². The molecule has 0 aromatic carbocycles. The molecule has 0 bridgehead atoms. The van der Waals surface area contributed by atoms with Crippen LogP contribution in [0.3, 0.4) is 0 Å². The van der Waals surface area contributed by atoms with Crippen molar-refractivity contribution in [2.45, 2.75) is 19.9 Å². The average Bonchev–Trinajstić information content (AvgIpc) is 2.15. The zero-order valence-electron chi connectivity index (χ0n) is 9.21. The van der Waals surface area contributed by atoms with E-state index in [4.69, 9.17) is 10.2 Å². The molecule has 0 aliphatic heterocycles. The smallest absolute Gasteiger partial charge is 0.352 e. The van der Waals surface area contributed by atoms with Gasteiger partial charge < -0.3 is 14.8 Å². The molecule has 0 spiro atoms. The summed E-state index contributed by atoms with van der Waals surface area (Å²) in [4.78, 5) is 32.9. The molecule has 1 aromatic heterocycles. The lowest BCUT2D eigenvalue weighted by Crippen LogP contribution is -2.23. The van der Waals surface area contributed by atoms with Crippen molar-refractivity contribution >= 4 is 24.3 Å². The molecule has 0 unspecified atom stereocenters. The number of hydrogen-bond donors (Lipinski definition) is 2. The molecule has 1 aromatic rings. The predicted octanol–water partition coefficient (Wildman–Crippen LogP) is 1.25. The topological polar surface area (TPSA) is 96.6 Å². The molecule has 0 atom stereocenters. The maximum Gasteiger partial charge on any atom is 0.352 e. The molecule has 17 heavy (non-hydrogen) atoms. The van der Waals surface area contributed by atoms with E-state index < -0.39 is 22.9 Å². The van der Waals surface area contributed by atoms with E-state index in [1.807, 2.05) is 0 Å². The highest BCUT2D eigenvalue weighted by Gasteiger charge is 2.17. The van der Waals surface area contributed by atoms with E-state index in [-0.39, 0.29) is 24.1 Å². The molecule has 0 fully saturated rings. The molecule has 0 radical (unpaired) electrons. The first-order valence-corrected chi connectivity index (χ1v) is 4.57. The molecular formula is C10H12ClNO5. The summed E-state index contributed by atoms with van der Waals surface area (Å²) in [6.07, 6.45) is 1.05. The Balaban J connectivity index is 0.00000256. The SMILES string of the molecule is CC(C)n1cc(C(=O)O)c(=O)cc1C(=O)O.Cl. The molecule has 0 amide bonds. The second kappa shape index (κ2) is 5.49. The molecule has 94 valence electrons. The lowest BCUT2D eigenvalue weighted by Gasteiger charge is -2.14. The number of rotatable bonds is 3. The van der Waals surface area contributed by atoms with Gasteiger partial charge >= 0.3 is 11.9 Å². The summed E-state index contributed by atoms with van der Waals surface area (Å²) in [7, 11) is 0. The lowest BCUT2D eigenvalue weighted by molar-refractivity contribution is 0.0667.